The van der Waals surface area contributed by atoms with Gasteiger partial charge in [0.05, 0.1) is 20.9 Å². The monoisotopic (exact) mass is 486 g/mol. The average molecular weight is 487 g/mol. The highest BCUT2D eigenvalue weighted by atomic mass is 32.2. The third-order valence-electron chi connectivity index (χ3n) is 6.29. The number of anilines is 1. The first-order valence-corrected chi connectivity index (χ1v) is 13.7. The van der Waals surface area contributed by atoms with Gasteiger partial charge in [0, 0.05) is 44.8 Å². The van der Waals surface area contributed by atoms with Crippen LogP contribution in [-0.2, 0) is 9.84 Å². The highest BCUT2D eigenvalue weighted by Gasteiger charge is 2.20. The standard InChI is InChI=1S/C24H30N4O3S2/c1-4-33(30,31)20-8-6-19(7-9-20)23(29)25-11-12-27-13-15-28(16-14-27)24-26-22-18(3)17(2)5-10-21(22)32-24/h5-10H,4,11-16H2,1-3H3,(H,25,29). The topological polar surface area (TPSA) is 82.6 Å². The van der Waals surface area contributed by atoms with Gasteiger partial charge in [-0.3, -0.25) is 9.69 Å². The number of hydrogen-bond donors (Lipinski definition) is 1. The van der Waals surface area contributed by atoms with Gasteiger partial charge in [0.1, 0.15) is 0 Å². The second-order valence-electron chi connectivity index (χ2n) is 8.36. The number of sulfone groups is 1. The lowest BCUT2D eigenvalue weighted by molar-refractivity contribution is 0.0947. The lowest BCUT2D eigenvalue weighted by atomic mass is 10.1. The van der Waals surface area contributed by atoms with E-state index in [1.54, 1.807) is 30.4 Å². The molecule has 0 radical (unpaired) electrons. The number of piperazine rings is 1. The van der Waals surface area contributed by atoms with E-state index in [1.165, 1.54) is 28.0 Å². The number of carbonyl (C=O) groups excluding carboxylic acids is 1. The van der Waals surface area contributed by atoms with E-state index in [1.807, 2.05) is 0 Å². The van der Waals surface area contributed by atoms with Gasteiger partial charge in [-0.2, -0.15) is 0 Å². The summed E-state index contributed by atoms with van der Waals surface area (Å²) in [5, 5.41) is 4.02. The van der Waals surface area contributed by atoms with E-state index in [0.29, 0.717) is 12.1 Å². The number of benzene rings is 2. The summed E-state index contributed by atoms with van der Waals surface area (Å²) < 4.78 is 25.0. The zero-order valence-electron chi connectivity index (χ0n) is 19.3. The molecule has 1 aliphatic rings. The molecule has 176 valence electrons. The molecule has 0 aliphatic carbocycles. The molecule has 0 bridgehead atoms. The van der Waals surface area contributed by atoms with Crippen molar-refractivity contribution in [2.24, 2.45) is 0 Å². The molecule has 0 atom stereocenters. The molecule has 9 heteroatoms. The van der Waals surface area contributed by atoms with Gasteiger partial charge in [-0.1, -0.05) is 24.3 Å². The van der Waals surface area contributed by atoms with Crippen LogP contribution in [0.25, 0.3) is 10.2 Å². The second kappa shape index (κ2) is 9.79. The second-order valence-corrected chi connectivity index (χ2v) is 11.7. The number of thiazole rings is 1. The molecule has 2 heterocycles. The number of aromatic nitrogens is 1. The van der Waals surface area contributed by atoms with Crippen LogP contribution in [0.15, 0.2) is 41.3 Å². The van der Waals surface area contributed by atoms with Gasteiger partial charge in [-0.15, -0.1) is 0 Å². The van der Waals surface area contributed by atoms with Crippen molar-refractivity contribution in [2.75, 3.05) is 49.9 Å². The van der Waals surface area contributed by atoms with Crippen molar-refractivity contribution in [3.63, 3.8) is 0 Å². The quantitative estimate of drug-likeness (QED) is 0.552. The number of aryl methyl sites for hydroxylation is 2. The minimum atomic E-state index is -3.25. The molecule has 1 fully saturated rings. The molecule has 0 unspecified atom stereocenters. The maximum Gasteiger partial charge on any atom is 0.251 e. The van der Waals surface area contributed by atoms with Crippen LogP contribution < -0.4 is 10.2 Å². The van der Waals surface area contributed by atoms with Crippen LogP contribution in [0, 0.1) is 13.8 Å². The van der Waals surface area contributed by atoms with Gasteiger partial charge in [-0.25, -0.2) is 13.4 Å². The molecule has 4 rings (SSSR count). The summed E-state index contributed by atoms with van der Waals surface area (Å²) in [6.45, 7) is 10.9. The van der Waals surface area contributed by atoms with Gasteiger partial charge in [0.15, 0.2) is 15.0 Å². The summed E-state index contributed by atoms with van der Waals surface area (Å²) in [4.78, 5) is 22.2. The SMILES string of the molecule is CCS(=O)(=O)c1ccc(C(=O)NCCN2CCN(c3nc4c(C)c(C)ccc4s3)CC2)cc1. The molecular formula is C24H30N4O3S2. The molecular weight excluding hydrogens is 456 g/mol. The molecule has 3 aromatic rings. The minimum absolute atomic E-state index is 0.0457. The Hall–Kier alpha value is -2.49. The number of hydrogen-bond acceptors (Lipinski definition) is 7. The number of amides is 1. The van der Waals surface area contributed by atoms with Crippen molar-refractivity contribution >= 4 is 42.4 Å². The third kappa shape index (κ3) is 5.20. The fourth-order valence-electron chi connectivity index (χ4n) is 3.92. The first kappa shape index (κ1) is 23.7. The lowest BCUT2D eigenvalue weighted by Gasteiger charge is -2.34. The molecule has 33 heavy (non-hydrogen) atoms. The lowest BCUT2D eigenvalue weighted by Crippen LogP contribution is -2.48. The Morgan fingerprint density at radius 1 is 1.06 bits per heavy atom. The maximum absolute atomic E-state index is 12.4. The predicted molar refractivity (Wildman–Crippen MR) is 134 cm³/mol. The highest BCUT2D eigenvalue weighted by Crippen LogP contribution is 2.32. The van der Waals surface area contributed by atoms with Crippen LogP contribution in [0.3, 0.4) is 0 Å². The summed E-state index contributed by atoms with van der Waals surface area (Å²) in [6.07, 6.45) is 0. The summed E-state index contributed by atoms with van der Waals surface area (Å²) in [6, 6.07) is 10.5. The van der Waals surface area contributed by atoms with Crippen molar-refractivity contribution in [3.05, 3.63) is 53.1 Å². The van der Waals surface area contributed by atoms with Crippen LogP contribution in [-0.4, -0.2) is 69.2 Å². The first-order valence-electron chi connectivity index (χ1n) is 11.2. The number of carbonyl (C=O) groups is 1. The average Bonchev–Trinajstić information content (AvgIpc) is 3.27. The highest BCUT2D eigenvalue weighted by molar-refractivity contribution is 7.91. The van der Waals surface area contributed by atoms with E-state index in [0.717, 1.165) is 43.4 Å². The van der Waals surface area contributed by atoms with Crippen LogP contribution in [0.1, 0.15) is 28.4 Å². The Labute approximate surface area is 199 Å². The third-order valence-corrected chi connectivity index (χ3v) is 9.12. The maximum atomic E-state index is 12.4. The minimum Gasteiger partial charge on any atom is -0.351 e. The molecule has 1 aliphatic heterocycles. The van der Waals surface area contributed by atoms with Gasteiger partial charge in [0.2, 0.25) is 0 Å². The van der Waals surface area contributed by atoms with Crippen LogP contribution >= 0.6 is 11.3 Å². The predicted octanol–water partition coefficient (Wildman–Crippen LogP) is 3.26. The normalized spacial score (nSPS) is 15.2. The zero-order valence-corrected chi connectivity index (χ0v) is 20.9. The summed E-state index contributed by atoms with van der Waals surface area (Å²) >= 11 is 1.75. The van der Waals surface area contributed by atoms with Gasteiger partial charge >= 0.3 is 0 Å². The van der Waals surface area contributed by atoms with Crippen molar-refractivity contribution in [3.8, 4) is 0 Å². The molecule has 2 aromatic carbocycles. The van der Waals surface area contributed by atoms with Crippen molar-refractivity contribution in [1.29, 1.82) is 0 Å². The van der Waals surface area contributed by atoms with E-state index >= 15 is 0 Å². The molecule has 1 aromatic heterocycles. The number of fused-ring (bicyclic) bond motifs is 1. The van der Waals surface area contributed by atoms with E-state index < -0.39 is 9.84 Å². The van der Waals surface area contributed by atoms with Gasteiger partial charge in [0.25, 0.3) is 5.91 Å². The Bertz CT molecular complexity index is 1240. The van der Waals surface area contributed by atoms with Crippen LogP contribution in [0.5, 0.6) is 0 Å². The Morgan fingerprint density at radius 2 is 1.76 bits per heavy atom. The van der Waals surface area contributed by atoms with Crippen molar-refractivity contribution < 1.29 is 13.2 Å². The van der Waals surface area contributed by atoms with E-state index in [9.17, 15) is 13.2 Å². The Kier molecular flexibility index (Phi) is 7.02. The zero-order chi connectivity index (χ0) is 23.6. The molecule has 7 nitrogen and oxygen atoms in total. The van der Waals surface area contributed by atoms with E-state index in [2.05, 4.69) is 41.1 Å². The largest absolute Gasteiger partial charge is 0.351 e. The number of nitrogens with zero attached hydrogens (tertiary/aromatic N) is 3. The molecule has 0 spiro atoms. The smallest absolute Gasteiger partial charge is 0.251 e. The Balaban J connectivity index is 1.25. The van der Waals surface area contributed by atoms with E-state index in [4.69, 9.17) is 4.98 Å². The molecule has 1 saturated heterocycles. The first-order chi connectivity index (χ1) is 15.8. The van der Waals surface area contributed by atoms with Crippen molar-refractivity contribution in [2.45, 2.75) is 25.7 Å². The van der Waals surface area contributed by atoms with Crippen LogP contribution in [0.4, 0.5) is 5.13 Å². The number of nitrogens with one attached hydrogen (secondary N) is 1. The Morgan fingerprint density at radius 3 is 2.42 bits per heavy atom. The van der Waals surface area contributed by atoms with Crippen molar-refractivity contribution in [1.82, 2.24) is 15.2 Å². The summed E-state index contributed by atoms with van der Waals surface area (Å²) in [5.41, 5.74) is 4.11. The molecule has 1 N–H and O–H groups in total. The summed E-state index contributed by atoms with van der Waals surface area (Å²) in [5.74, 6) is -0.140. The fraction of sp³-hybridized carbons (Fsp3) is 0.417. The van der Waals surface area contributed by atoms with Gasteiger partial charge < -0.3 is 10.2 Å². The summed E-state index contributed by atoms with van der Waals surface area (Å²) in [7, 11) is -3.25. The van der Waals surface area contributed by atoms with Gasteiger partial charge in [-0.05, 0) is 55.3 Å². The fourth-order valence-corrected chi connectivity index (χ4v) is 5.88. The van der Waals surface area contributed by atoms with E-state index in [-0.39, 0.29) is 16.6 Å². The van der Waals surface area contributed by atoms with Crippen LogP contribution in [0.2, 0.25) is 0 Å². The molecule has 0 saturated carbocycles. The number of rotatable bonds is 7. The molecule has 1 amide bonds.